The Hall–Kier alpha value is -5.50. The monoisotopic (exact) mass is 723 g/mol. The molecule has 1 aromatic heterocycles. The summed E-state index contributed by atoms with van der Waals surface area (Å²) in [5.74, 6) is -0.143. The highest BCUT2D eigenvalue weighted by atomic mass is 16.7. The number of ether oxygens (including phenoxy) is 5. The van der Waals surface area contributed by atoms with Gasteiger partial charge in [-0.25, -0.2) is 9.59 Å². The van der Waals surface area contributed by atoms with E-state index in [9.17, 15) is 14.4 Å². The Morgan fingerprint density at radius 2 is 1.64 bits per heavy atom. The first-order chi connectivity index (χ1) is 25.7. The predicted octanol–water partition coefficient (Wildman–Crippen LogP) is 7.52. The van der Waals surface area contributed by atoms with Crippen LogP contribution in [-0.2, 0) is 32.2 Å². The molecule has 3 N–H and O–H groups in total. The van der Waals surface area contributed by atoms with Crippen molar-refractivity contribution in [2.75, 3.05) is 48.9 Å². The fraction of sp³-hybridized carbons (Fsp3) is 0.350. The van der Waals surface area contributed by atoms with Gasteiger partial charge in [-0.2, -0.15) is 0 Å². The zero-order valence-corrected chi connectivity index (χ0v) is 30.0. The topological polar surface area (TPSA) is 150 Å². The van der Waals surface area contributed by atoms with E-state index in [1.165, 1.54) is 6.20 Å². The minimum atomic E-state index is -0.650. The maximum absolute atomic E-state index is 12.7. The van der Waals surface area contributed by atoms with E-state index >= 15 is 0 Å². The van der Waals surface area contributed by atoms with E-state index in [4.69, 9.17) is 23.7 Å². The number of hydrogen-bond donors (Lipinski definition) is 3. The van der Waals surface area contributed by atoms with Crippen molar-refractivity contribution in [1.29, 1.82) is 0 Å². The molecule has 13 heteroatoms. The number of rotatable bonds is 16. The fourth-order valence-corrected chi connectivity index (χ4v) is 5.92. The van der Waals surface area contributed by atoms with Gasteiger partial charge in [0.15, 0.2) is 0 Å². The highest BCUT2D eigenvalue weighted by Gasteiger charge is 2.33. The second kappa shape index (κ2) is 17.8. The van der Waals surface area contributed by atoms with Crippen LogP contribution in [0, 0.1) is 0 Å². The number of pyridine rings is 1. The lowest BCUT2D eigenvalue weighted by molar-refractivity contribution is -0.180. The number of carbonyl (C=O) groups excluding carboxylic acids is 3. The van der Waals surface area contributed by atoms with Crippen molar-refractivity contribution in [3.05, 3.63) is 114 Å². The Kier molecular flexibility index (Phi) is 12.5. The number of nitrogens with zero attached hydrogens (tertiary/aromatic N) is 2. The number of fused-ring (bicyclic) bond motifs is 1. The van der Waals surface area contributed by atoms with E-state index in [1.807, 2.05) is 50.2 Å². The Balaban J connectivity index is 0.816. The molecule has 0 bridgehead atoms. The highest BCUT2D eigenvalue weighted by molar-refractivity contribution is 6.05. The number of hydrogen-bond acceptors (Lipinski definition) is 9. The average Bonchev–Trinajstić information content (AvgIpc) is 3.52. The van der Waals surface area contributed by atoms with Crippen LogP contribution in [0.2, 0.25) is 0 Å². The van der Waals surface area contributed by atoms with Gasteiger partial charge in [-0.15, -0.1) is 0 Å². The first kappa shape index (κ1) is 37.3. The Bertz CT molecular complexity index is 1870. The van der Waals surface area contributed by atoms with Gasteiger partial charge < -0.3 is 44.5 Å². The van der Waals surface area contributed by atoms with Crippen molar-refractivity contribution < 1.29 is 38.1 Å². The molecule has 278 valence electrons. The van der Waals surface area contributed by atoms with Crippen LogP contribution in [0.4, 0.5) is 26.7 Å². The number of urea groups is 1. The van der Waals surface area contributed by atoms with Gasteiger partial charge in [0.1, 0.15) is 11.9 Å². The molecule has 13 nitrogen and oxygen atoms in total. The van der Waals surface area contributed by atoms with Crippen molar-refractivity contribution in [2.24, 2.45) is 0 Å². The van der Waals surface area contributed by atoms with E-state index in [1.54, 1.807) is 53.6 Å². The summed E-state index contributed by atoms with van der Waals surface area (Å²) in [5.41, 5.74) is 4.92. The van der Waals surface area contributed by atoms with Gasteiger partial charge in [-0.05, 0) is 85.0 Å². The first-order valence-electron chi connectivity index (χ1n) is 17.8. The third-order valence-corrected chi connectivity index (χ3v) is 8.62. The van der Waals surface area contributed by atoms with Gasteiger partial charge in [0.05, 0.1) is 38.5 Å². The van der Waals surface area contributed by atoms with Crippen molar-refractivity contribution in [1.82, 2.24) is 9.88 Å². The molecule has 0 saturated carbocycles. The number of cyclic esters (lactones) is 1. The van der Waals surface area contributed by atoms with Gasteiger partial charge in [-0.3, -0.25) is 9.78 Å². The molecule has 2 aliphatic heterocycles. The lowest BCUT2D eigenvalue weighted by Crippen LogP contribution is -2.35. The molecule has 1 unspecified atom stereocenters. The van der Waals surface area contributed by atoms with Crippen molar-refractivity contribution >= 4 is 35.1 Å². The molecule has 4 amide bonds. The molecule has 53 heavy (non-hydrogen) atoms. The zero-order valence-electron chi connectivity index (χ0n) is 30.0. The van der Waals surface area contributed by atoms with Crippen molar-refractivity contribution in [3.8, 4) is 5.75 Å². The van der Waals surface area contributed by atoms with Crippen LogP contribution in [0.3, 0.4) is 0 Å². The first-order valence-corrected chi connectivity index (χ1v) is 17.8. The standard InChI is InChI=1S/C40H45N5O8/c1-40(2)51-27-31-22-29(14-15-35(31)53-40)36-25-45(39(48)52-36)17-4-3-5-18-49-19-20-50-26-28-9-6-11-32(21-28)43-38(47)44-34-13-7-12-33(23-34)42-37(46)30-10-8-16-41-24-30/h6-16,21-24,36H,3-5,17-20,25-27H2,1-2H3,(H,42,46)(H2,43,44,47). The van der Waals surface area contributed by atoms with Crippen LogP contribution in [-0.4, -0.2) is 66.6 Å². The number of carbonyl (C=O) groups is 3. The van der Waals surface area contributed by atoms with Crippen LogP contribution >= 0.6 is 0 Å². The normalized spacial score (nSPS) is 15.9. The number of nitrogens with one attached hydrogen (secondary N) is 3. The minimum absolute atomic E-state index is 0.286. The van der Waals surface area contributed by atoms with Gasteiger partial charge in [-0.1, -0.05) is 24.3 Å². The van der Waals surface area contributed by atoms with Crippen molar-refractivity contribution in [3.63, 3.8) is 0 Å². The summed E-state index contributed by atoms with van der Waals surface area (Å²) in [6, 6.07) is 23.1. The molecule has 3 aromatic carbocycles. The number of aromatic nitrogens is 1. The summed E-state index contributed by atoms with van der Waals surface area (Å²) >= 11 is 0. The SMILES string of the molecule is CC1(C)OCc2cc(C3CN(CCCCCOCCOCc4cccc(NC(=O)Nc5cccc(NC(=O)c6cccnc6)c5)c4)C(=O)O3)ccc2O1. The summed E-state index contributed by atoms with van der Waals surface area (Å²) in [6.45, 7) is 7.28. The van der Waals surface area contributed by atoms with Gasteiger partial charge in [0.25, 0.3) is 5.91 Å². The molecule has 3 heterocycles. The van der Waals surface area contributed by atoms with Crippen LogP contribution in [0.5, 0.6) is 5.75 Å². The van der Waals surface area contributed by atoms with E-state index in [2.05, 4.69) is 20.9 Å². The van der Waals surface area contributed by atoms with E-state index in [0.29, 0.717) is 68.7 Å². The zero-order chi connectivity index (χ0) is 37.0. The Labute approximate surface area is 308 Å². The van der Waals surface area contributed by atoms with Gasteiger partial charge in [0, 0.05) is 62.0 Å². The minimum Gasteiger partial charge on any atom is -0.463 e. The number of amides is 4. The molecule has 1 fully saturated rings. The molecule has 6 rings (SSSR count). The van der Waals surface area contributed by atoms with Crippen LogP contribution in [0.15, 0.2) is 91.3 Å². The summed E-state index contributed by atoms with van der Waals surface area (Å²) < 4.78 is 28.8. The molecular weight excluding hydrogens is 678 g/mol. The summed E-state index contributed by atoms with van der Waals surface area (Å²) in [5, 5.41) is 8.42. The molecule has 2 aliphatic rings. The number of benzene rings is 3. The second-order valence-electron chi connectivity index (χ2n) is 13.3. The summed E-state index contributed by atoms with van der Waals surface area (Å²) in [7, 11) is 0. The maximum Gasteiger partial charge on any atom is 0.410 e. The molecule has 1 saturated heterocycles. The van der Waals surface area contributed by atoms with Crippen LogP contribution in [0.25, 0.3) is 0 Å². The Morgan fingerprint density at radius 1 is 0.868 bits per heavy atom. The van der Waals surface area contributed by atoms with E-state index in [-0.39, 0.29) is 18.1 Å². The van der Waals surface area contributed by atoms with Gasteiger partial charge >= 0.3 is 12.1 Å². The van der Waals surface area contributed by atoms with E-state index in [0.717, 1.165) is 41.7 Å². The predicted molar refractivity (Wildman–Crippen MR) is 199 cm³/mol. The fourth-order valence-electron chi connectivity index (χ4n) is 5.92. The quantitative estimate of drug-likeness (QED) is 0.0998. The number of unbranched alkanes of at least 4 members (excludes halogenated alkanes) is 2. The third-order valence-electron chi connectivity index (χ3n) is 8.62. The molecule has 0 aliphatic carbocycles. The molecular formula is C40H45N5O8. The lowest BCUT2D eigenvalue weighted by Gasteiger charge is -2.32. The second-order valence-corrected chi connectivity index (χ2v) is 13.3. The van der Waals surface area contributed by atoms with Crippen LogP contribution in [0.1, 0.15) is 66.3 Å². The van der Waals surface area contributed by atoms with Crippen LogP contribution < -0.4 is 20.7 Å². The van der Waals surface area contributed by atoms with Gasteiger partial charge in [0.2, 0.25) is 5.79 Å². The summed E-state index contributed by atoms with van der Waals surface area (Å²) in [6.07, 6.45) is 5.17. The smallest absolute Gasteiger partial charge is 0.410 e. The largest absolute Gasteiger partial charge is 0.463 e. The molecule has 0 spiro atoms. The lowest BCUT2D eigenvalue weighted by atomic mass is 10.0. The van der Waals surface area contributed by atoms with Crippen molar-refractivity contribution in [2.45, 2.75) is 58.2 Å². The maximum atomic E-state index is 12.7. The third kappa shape index (κ3) is 11.0. The molecule has 0 radical (unpaired) electrons. The number of anilines is 3. The Morgan fingerprint density at radius 3 is 2.45 bits per heavy atom. The molecule has 1 atom stereocenters. The highest BCUT2D eigenvalue weighted by Crippen LogP contribution is 2.35. The van der Waals surface area contributed by atoms with E-state index < -0.39 is 11.8 Å². The molecule has 4 aromatic rings. The average molecular weight is 724 g/mol. The summed E-state index contributed by atoms with van der Waals surface area (Å²) in [4.78, 5) is 43.3.